The van der Waals surface area contributed by atoms with Crippen molar-refractivity contribution in [2.24, 2.45) is 0 Å². The molecule has 1 aliphatic carbocycles. The number of rotatable bonds is 12. The molecule has 0 radical (unpaired) electrons. The second kappa shape index (κ2) is 13.8. The van der Waals surface area contributed by atoms with Crippen LogP contribution in [0.2, 0.25) is 0 Å². The van der Waals surface area contributed by atoms with E-state index < -0.39 is 28.5 Å². The third-order valence-corrected chi connectivity index (χ3v) is 9.80. The number of benzene rings is 3. The van der Waals surface area contributed by atoms with Crippen LogP contribution in [0.1, 0.15) is 55.7 Å². The number of aryl methyl sites for hydroxylation is 1. The molecule has 1 fully saturated rings. The number of sulfonamides is 1. The molecule has 8 heteroatoms. The summed E-state index contributed by atoms with van der Waals surface area (Å²) in [5, 5.41) is 3.16. The van der Waals surface area contributed by atoms with Crippen LogP contribution in [-0.4, -0.2) is 50.3 Å². The zero-order valence-electron chi connectivity index (χ0n) is 24.3. The lowest BCUT2D eigenvalue weighted by atomic mass is 10.1. The summed E-state index contributed by atoms with van der Waals surface area (Å²) in [6.07, 6.45) is 5.02. The molecular formula is C33H41N3O4S. The first kappa shape index (κ1) is 30.3. The van der Waals surface area contributed by atoms with E-state index in [1.165, 1.54) is 16.4 Å². The Morgan fingerprint density at radius 3 is 2.17 bits per heavy atom. The van der Waals surface area contributed by atoms with Gasteiger partial charge in [0, 0.05) is 12.6 Å². The Bertz CT molecular complexity index is 1420. The van der Waals surface area contributed by atoms with E-state index in [4.69, 9.17) is 0 Å². The molecule has 3 aromatic carbocycles. The maximum absolute atomic E-state index is 14.2. The number of anilines is 1. The highest BCUT2D eigenvalue weighted by Gasteiger charge is 2.34. The van der Waals surface area contributed by atoms with Crippen LogP contribution >= 0.6 is 0 Å². The van der Waals surface area contributed by atoms with Crippen molar-refractivity contribution in [1.29, 1.82) is 0 Å². The quantitative estimate of drug-likeness (QED) is 0.313. The first-order valence-corrected chi connectivity index (χ1v) is 15.9. The van der Waals surface area contributed by atoms with Gasteiger partial charge in [0.15, 0.2) is 0 Å². The topological polar surface area (TPSA) is 86.8 Å². The van der Waals surface area contributed by atoms with Gasteiger partial charge in [0.2, 0.25) is 11.8 Å². The largest absolute Gasteiger partial charge is 0.352 e. The molecule has 7 nitrogen and oxygen atoms in total. The standard InChI is InChI=1S/C33H41N3O4S/c1-4-30(33(38)34-28-17-11-12-18-28)35(23-22-27-15-7-5-8-16-27)32(37)24-36(31-21-13-14-25(2)26(31)3)41(39,40)29-19-9-6-10-20-29/h5-10,13-16,19-21,28,30H,4,11-12,17-18,22-24H2,1-3H3,(H,34,38)/t30-/m1/s1. The van der Waals surface area contributed by atoms with Crippen molar-refractivity contribution in [3.05, 3.63) is 95.6 Å². The Morgan fingerprint density at radius 2 is 1.54 bits per heavy atom. The molecule has 1 atom stereocenters. The number of hydrogen-bond donors (Lipinski definition) is 1. The van der Waals surface area contributed by atoms with Crippen molar-refractivity contribution in [3.8, 4) is 0 Å². The lowest BCUT2D eigenvalue weighted by Crippen LogP contribution is -2.54. The van der Waals surface area contributed by atoms with Gasteiger partial charge in [-0.1, -0.05) is 80.4 Å². The van der Waals surface area contributed by atoms with Gasteiger partial charge in [0.25, 0.3) is 10.0 Å². The van der Waals surface area contributed by atoms with Gasteiger partial charge in [0.1, 0.15) is 12.6 Å². The maximum Gasteiger partial charge on any atom is 0.264 e. The Morgan fingerprint density at radius 1 is 0.902 bits per heavy atom. The van der Waals surface area contributed by atoms with Crippen molar-refractivity contribution in [1.82, 2.24) is 10.2 Å². The number of nitrogens with zero attached hydrogens (tertiary/aromatic N) is 2. The SMILES string of the molecule is CC[C@H](C(=O)NC1CCCC1)N(CCc1ccccc1)C(=O)CN(c1cccc(C)c1C)S(=O)(=O)c1ccccc1. The lowest BCUT2D eigenvalue weighted by molar-refractivity contribution is -0.139. The lowest BCUT2D eigenvalue weighted by Gasteiger charge is -2.34. The van der Waals surface area contributed by atoms with E-state index in [0.717, 1.165) is 42.4 Å². The molecule has 0 heterocycles. The number of carbonyl (C=O) groups is 2. The van der Waals surface area contributed by atoms with E-state index in [1.54, 1.807) is 35.2 Å². The molecule has 4 rings (SSSR count). The third kappa shape index (κ3) is 7.36. The molecule has 1 aliphatic rings. The minimum absolute atomic E-state index is 0.107. The van der Waals surface area contributed by atoms with E-state index in [2.05, 4.69) is 5.32 Å². The molecule has 1 N–H and O–H groups in total. The van der Waals surface area contributed by atoms with Crippen molar-refractivity contribution in [3.63, 3.8) is 0 Å². The van der Waals surface area contributed by atoms with Crippen LogP contribution in [0.15, 0.2) is 83.8 Å². The fourth-order valence-corrected chi connectivity index (χ4v) is 6.99. The molecule has 0 aromatic heterocycles. The van der Waals surface area contributed by atoms with Gasteiger partial charge in [-0.3, -0.25) is 13.9 Å². The first-order chi connectivity index (χ1) is 19.7. The van der Waals surface area contributed by atoms with Gasteiger partial charge in [0.05, 0.1) is 10.6 Å². The van der Waals surface area contributed by atoms with Crippen molar-refractivity contribution < 1.29 is 18.0 Å². The minimum Gasteiger partial charge on any atom is -0.352 e. The molecule has 0 aliphatic heterocycles. The van der Waals surface area contributed by atoms with Crippen LogP contribution in [0.25, 0.3) is 0 Å². The zero-order valence-corrected chi connectivity index (χ0v) is 25.1. The molecule has 218 valence electrons. The maximum atomic E-state index is 14.2. The van der Waals surface area contributed by atoms with Crippen LogP contribution in [0.3, 0.4) is 0 Å². The average Bonchev–Trinajstić information content (AvgIpc) is 3.49. The van der Waals surface area contributed by atoms with E-state index in [0.29, 0.717) is 25.1 Å². The summed E-state index contributed by atoms with van der Waals surface area (Å²) in [6, 6.07) is 22.8. The summed E-state index contributed by atoms with van der Waals surface area (Å²) < 4.78 is 29.2. The van der Waals surface area contributed by atoms with Crippen molar-refractivity contribution >= 4 is 27.5 Å². The predicted octanol–water partition coefficient (Wildman–Crippen LogP) is 5.41. The normalized spacial score (nSPS) is 14.4. The number of amides is 2. The molecule has 1 saturated carbocycles. The van der Waals surface area contributed by atoms with E-state index in [-0.39, 0.29) is 16.8 Å². The molecule has 41 heavy (non-hydrogen) atoms. The number of carbonyl (C=O) groups excluding carboxylic acids is 2. The van der Waals surface area contributed by atoms with Gasteiger partial charge < -0.3 is 10.2 Å². The Labute approximate surface area is 244 Å². The highest BCUT2D eigenvalue weighted by Crippen LogP contribution is 2.29. The summed E-state index contributed by atoms with van der Waals surface area (Å²) in [5.41, 5.74) is 3.20. The van der Waals surface area contributed by atoms with E-state index in [9.17, 15) is 18.0 Å². The van der Waals surface area contributed by atoms with E-state index >= 15 is 0 Å². The average molecular weight is 576 g/mol. The smallest absolute Gasteiger partial charge is 0.264 e. The number of nitrogens with one attached hydrogen (secondary N) is 1. The molecular weight excluding hydrogens is 534 g/mol. The number of hydrogen-bond acceptors (Lipinski definition) is 4. The monoisotopic (exact) mass is 575 g/mol. The van der Waals surface area contributed by atoms with Gasteiger partial charge in [-0.25, -0.2) is 8.42 Å². The first-order valence-electron chi connectivity index (χ1n) is 14.5. The van der Waals surface area contributed by atoms with Gasteiger partial charge >= 0.3 is 0 Å². The van der Waals surface area contributed by atoms with Gasteiger partial charge in [-0.2, -0.15) is 0 Å². The summed E-state index contributed by atoms with van der Waals surface area (Å²) in [5.74, 6) is -0.584. The van der Waals surface area contributed by atoms with Crippen molar-refractivity contribution in [2.45, 2.75) is 76.3 Å². The highest BCUT2D eigenvalue weighted by molar-refractivity contribution is 7.92. The molecule has 2 amide bonds. The summed E-state index contributed by atoms with van der Waals surface area (Å²) in [4.78, 5) is 29.4. The van der Waals surface area contributed by atoms with Crippen LogP contribution in [0, 0.1) is 13.8 Å². The van der Waals surface area contributed by atoms with Gasteiger partial charge in [-0.15, -0.1) is 0 Å². The highest BCUT2D eigenvalue weighted by atomic mass is 32.2. The Kier molecular flexibility index (Phi) is 10.2. The fraction of sp³-hybridized carbons (Fsp3) is 0.394. The predicted molar refractivity (Wildman–Crippen MR) is 163 cm³/mol. The minimum atomic E-state index is -4.08. The zero-order chi connectivity index (χ0) is 29.4. The molecule has 0 saturated heterocycles. The second-order valence-corrected chi connectivity index (χ2v) is 12.6. The van der Waals surface area contributed by atoms with Crippen molar-refractivity contribution in [2.75, 3.05) is 17.4 Å². The molecule has 3 aromatic rings. The molecule has 0 spiro atoms. The van der Waals surface area contributed by atoms with Crippen LogP contribution in [0.5, 0.6) is 0 Å². The third-order valence-electron chi connectivity index (χ3n) is 8.03. The summed E-state index contributed by atoms with van der Waals surface area (Å²) >= 11 is 0. The Balaban J connectivity index is 1.69. The van der Waals surface area contributed by atoms with E-state index in [1.807, 2.05) is 57.2 Å². The molecule has 0 bridgehead atoms. The fourth-order valence-electron chi connectivity index (χ4n) is 5.50. The van der Waals surface area contributed by atoms with Crippen LogP contribution in [0.4, 0.5) is 5.69 Å². The summed E-state index contributed by atoms with van der Waals surface area (Å²) in [6.45, 7) is 5.56. The van der Waals surface area contributed by atoms with Crippen LogP contribution in [-0.2, 0) is 26.0 Å². The Hall–Kier alpha value is -3.65. The molecule has 0 unspecified atom stereocenters. The second-order valence-electron chi connectivity index (χ2n) is 10.8. The summed E-state index contributed by atoms with van der Waals surface area (Å²) in [7, 11) is -4.08. The van der Waals surface area contributed by atoms with Crippen LogP contribution < -0.4 is 9.62 Å². The van der Waals surface area contributed by atoms with Gasteiger partial charge in [-0.05, 0) is 74.4 Å².